The second-order valence-electron chi connectivity index (χ2n) is 9.28. The molecule has 0 radical (unpaired) electrons. The molecule has 1 aromatic rings. The van der Waals surface area contributed by atoms with Crippen molar-refractivity contribution in [2.45, 2.75) is 59.7 Å². The van der Waals surface area contributed by atoms with Crippen LogP contribution < -0.4 is 5.32 Å². The first-order chi connectivity index (χ1) is 17.0. The molecule has 2 aliphatic heterocycles. The van der Waals surface area contributed by atoms with Gasteiger partial charge in [0.1, 0.15) is 0 Å². The molecule has 0 saturated carbocycles. The fourth-order valence-corrected chi connectivity index (χ4v) is 4.43. The average Bonchev–Trinajstić information content (AvgIpc) is 2.82. The van der Waals surface area contributed by atoms with Gasteiger partial charge in [-0.25, -0.2) is 14.4 Å². The summed E-state index contributed by atoms with van der Waals surface area (Å²) in [6.07, 6.45) is 3.78. The highest BCUT2D eigenvalue weighted by Crippen LogP contribution is 2.44. The lowest BCUT2D eigenvalue weighted by Gasteiger charge is -2.36. The number of nitrogens with zero attached hydrogens (tertiary/aromatic N) is 1. The Morgan fingerprint density at radius 1 is 0.889 bits per heavy atom. The summed E-state index contributed by atoms with van der Waals surface area (Å²) in [5.41, 5.74) is 3.29. The highest BCUT2D eigenvalue weighted by molar-refractivity contribution is 5.99. The molecule has 192 valence electrons. The van der Waals surface area contributed by atoms with Crippen molar-refractivity contribution < 1.29 is 28.6 Å². The van der Waals surface area contributed by atoms with Crippen LogP contribution in [0.2, 0.25) is 0 Å². The first-order valence-corrected chi connectivity index (χ1v) is 12.0. The minimum atomic E-state index is -0.828. The van der Waals surface area contributed by atoms with Crippen molar-refractivity contribution in [1.82, 2.24) is 10.2 Å². The smallest absolute Gasteiger partial charge is 0.417 e. The Morgan fingerprint density at radius 2 is 1.42 bits per heavy atom. The maximum atomic E-state index is 13.4. The Hall–Kier alpha value is -3.81. The lowest BCUT2D eigenvalue weighted by atomic mass is 9.73. The molecule has 0 bridgehead atoms. The van der Waals surface area contributed by atoms with Gasteiger partial charge in [0.15, 0.2) is 0 Å². The summed E-state index contributed by atoms with van der Waals surface area (Å²) >= 11 is 0. The summed E-state index contributed by atoms with van der Waals surface area (Å²) in [6, 6.07) is 9.67. The molecular formula is C28H34N2O6. The summed E-state index contributed by atoms with van der Waals surface area (Å²) in [7, 11) is 1.29. The van der Waals surface area contributed by atoms with Gasteiger partial charge in [-0.2, -0.15) is 0 Å². The number of dihydropyridines is 1. The third-order valence-corrected chi connectivity index (χ3v) is 5.85. The van der Waals surface area contributed by atoms with Crippen molar-refractivity contribution in [2.24, 2.45) is 5.92 Å². The van der Waals surface area contributed by atoms with E-state index >= 15 is 0 Å². The zero-order chi connectivity index (χ0) is 26.6. The first-order valence-electron chi connectivity index (χ1n) is 12.0. The van der Waals surface area contributed by atoms with E-state index in [0.717, 1.165) is 5.56 Å². The summed E-state index contributed by atoms with van der Waals surface area (Å²) in [5, 5.41) is 3.16. The number of allylic oxidation sites excluding steroid dienone is 4. The number of rotatable bonds is 6. The van der Waals surface area contributed by atoms with Crippen molar-refractivity contribution >= 4 is 18.0 Å². The molecule has 8 nitrogen and oxygen atoms in total. The average molecular weight is 495 g/mol. The largest absolute Gasteiger partial charge is 0.460 e. The molecule has 1 atom stereocenters. The SMILES string of the molecule is COC(=O)N1C=CC(c2ccccc2)C(C2C(C(=O)OC(C)C)=C(C)NC(C)=C2C(=O)OC(C)C)=C1. The minimum absolute atomic E-state index is 0.289. The van der Waals surface area contributed by atoms with E-state index in [1.54, 1.807) is 53.9 Å². The number of nitrogens with one attached hydrogen (secondary N) is 1. The van der Waals surface area contributed by atoms with Gasteiger partial charge in [0.05, 0.1) is 36.4 Å². The van der Waals surface area contributed by atoms with Crippen LogP contribution in [0.4, 0.5) is 4.79 Å². The van der Waals surface area contributed by atoms with Crippen molar-refractivity contribution in [3.63, 3.8) is 0 Å². The number of benzene rings is 1. The van der Waals surface area contributed by atoms with E-state index in [1.165, 1.54) is 12.0 Å². The monoisotopic (exact) mass is 494 g/mol. The van der Waals surface area contributed by atoms with Crippen molar-refractivity contribution in [3.8, 4) is 0 Å². The van der Waals surface area contributed by atoms with Crippen LogP contribution in [0.15, 0.2) is 76.9 Å². The summed E-state index contributed by atoms with van der Waals surface area (Å²) in [5.74, 6) is -2.26. The molecule has 0 aromatic heterocycles. The molecule has 3 rings (SSSR count). The standard InChI is InChI=1S/C28H34N2O6/c1-16(2)35-26(31)23-18(5)29-19(6)24(27(32)36-17(3)4)25(23)22-15-30(28(33)34-7)14-13-21(22)20-11-9-8-10-12-20/h8-17,21,25,29H,1-7H3. The van der Waals surface area contributed by atoms with Crippen LogP contribution in [0.5, 0.6) is 0 Å². The summed E-state index contributed by atoms with van der Waals surface area (Å²) < 4.78 is 16.1. The van der Waals surface area contributed by atoms with Gasteiger partial charge in [-0.1, -0.05) is 36.4 Å². The van der Waals surface area contributed by atoms with Crippen molar-refractivity contribution in [2.75, 3.05) is 7.11 Å². The lowest BCUT2D eigenvalue weighted by molar-refractivity contribution is -0.144. The Morgan fingerprint density at radius 3 is 1.89 bits per heavy atom. The topological polar surface area (TPSA) is 94.2 Å². The van der Waals surface area contributed by atoms with Gasteiger partial charge in [-0.05, 0) is 52.7 Å². The van der Waals surface area contributed by atoms with Crippen LogP contribution in [0.1, 0.15) is 53.0 Å². The third-order valence-electron chi connectivity index (χ3n) is 5.85. The number of carbonyl (C=O) groups is 3. The number of ether oxygens (including phenoxy) is 3. The highest BCUT2D eigenvalue weighted by atomic mass is 16.6. The van der Waals surface area contributed by atoms with Gasteiger partial charge in [0.25, 0.3) is 0 Å². The number of amides is 1. The molecule has 2 heterocycles. The second kappa shape index (κ2) is 11.3. The van der Waals surface area contributed by atoms with E-state index in [2.05, 4.69) is 5.32 Å². The lowest BCUT2D eigenvalue weighted by Crippen LogP contribution is -2.38. The van der Waals surface area contributed by atoms with E-state index in [0.29, 0.717) is 17.0 Å². The molecule has 0 saturated heterocycles. The van der Waals surface area contributed by atoms with Crippen LogP contribution in [0, 0.1) is 5.92 Å². The van der Waals surface area contributed by atoms with E-state index in [4.69, 9.17) is 14.2 Å². The van der Waals surface area contributed by atoms with E-state index in [9.17, 15) is 14.4 Å². The van der Waals surface area contributed by atoms with E-state index in [-0.39, 0.29) is 29.3 Å². The molecule has 2 aliphatic rings. The number of esters is 2. The Balaban J connectivity index is 2.27. The van der Waals surface area contributed by atoms with Crippen LogP contribution in [-0.4, -0.2) is 42.2 Å². The molecule has 0 fully saturated rings. The molecule has 1 N–H and O–H groups in total. The zero-order valence-electron chi connectivity index (χ0n) is 21.8. The fourth-order valence-electron chi connectivity index (χ4n) is 4.43. The van der Waals surface area contributed by atoms with Crippen LogP contribution in [-0.2, 0) is 23.8 Å². The Bertz CT molecular complexity index is 1100. The van der Waals surface area contributed by atoms with E-state index < -0.39 is 23.9 Å². The van der Waals surface area contributed by atoms with E-state index in [1.807, 2.05) is 36.4 Å². The Kier molecular flexibility index (Phi) is 8.40. The minimum Gasteiger partial charge on any atom is -0.460 e. The molecular weight excluding hydrogens is 460 g/mol. The maximum absolute atomic E-state index is 13.4. The fraction of sp³-hybridized carbons (Fsp3) is 0.393. The van der Waals surface area contributed by atoms with Gasteiger partial charge in [-0.3, -0.25) is 4.90 Å². The highest BCUT2D eigenvalue weighted by Gasteiger charge is 2.42. The van der Waals surface area contributed by atoms with Crippen LogP contribution in [0.25, 0.3) is 0 Å². The predicted octanol–water partition coefficient (Wildman–Crippen LogP) is 4.92. The molecule has 1 amide bonds. The maximum Gasteiger partial charge on any atom is 0.417 e. The van der Waals surface area contributed by atoms with Gasteiger partial charge in [0.2, 0.25) is 0 Å². The molecule has 0 spiro atoms. The zero-order valence-corrected chi connectivity index (χ0v) is 21.8. The third kappa shape index (κ3) is 5.70. The van der Waals surface area contributed by atoms with Crippen molar-refractivity contribution in [1.29, 1.82) is 0 Å². The number of methoxy groups -OCH3 is 1. The second-order valence-corrected chi connectivity index (χ2v) is 9.28. The van der Waals surface area contributed by atoms with Crippen molar-refractivity contribution in [3.05, 3.63) is 82.5 Å². The molecule has 1 unspecified atom stereocenters. The molecule has 8 heteroatoms. The number of carbonyl (C=O) groups excluding carboxylic acids is 3. The molecule has 0 aliphatic carbocycles. The van der Waals surface area contributed by atoms with Crippen LogP contribution in [0.3, 0.4) is 0 Å². The summed E-state index contributed by atoms with van der Waals surface area (Å²) in [4.78, 5) is 40.7. The normalized spacial score (nSPS) is 18.3. The van der Waals surface area contributed by atoms with Gasteiger partial charge in [0, 0.05) is 29.7 Å². The number of hydrogen-bond donors (Lipinski definition) is 1. The van der Waals surface area contributed by atoms with Crippen LogP contribution >= 0.6 is 0 Å². The summed E-state index contributed by atoms with van der Waals surface area (Å²) in [6.45, 7) is 10.6. The van der Waals surface area contributed by atoms with Gasteiger partial charge < -0.3 is 19.5 Å². The quantitative estimate of drug-likeness (QED) is 0.443. The number of hydrogen-bond acceptors (Lipinski definition) is 7. The molecule has 1 aromatic carbocycles. The Labute approximate surface area is 212 Å². The molecule has 36 heavy (non-hydrogen) atoms. The van der Waals surface area contributed by atoms with Gasteiger partial charge in [-0.15, -0.1) is 0 Å². The van der Waals surface area contributed by atoms with Gasteiger partial charge >= 0.3 is 18.0 Å². The predicted molar refractivity (Wildman–Crippen MR) is 135 cm³/mol. The first kappa shape index (κ1) is 26.8.